The quantitative estimate of drug-likeness (QED) is 0.211. The number of nitrogens with zero attached hydrogens (tertiary/aromatic N) is 6. The molecule has 1 aliphatic rings. The van der Waals surface area contributed by atoms with Crippen molar-refractivity contribution in [2.24, 2.45) is 9.98 Å². The van der Waals surface area contributed by atoms with Crippen LogP contribution < -0.4 is 9.64 Å². The number of urea groups is 1. The lowest BCUT2D eigenvalue weighted by atomic mass is 10.1. The molecule has 0 saturated carbocycles. The lowest BCUT2D eigenvalue weighted by Crippen LogP contribution is -2.42. The minimum Gasteiger partial charge on any atom is -0.406 e. The second-order valence-corrected chi connectivity index (χ2v) is 11.1. The molecule has 1 fully saturated rings. The molecule has 1 atom stereocenters. The van der Waals surface area contributed by atoms with Crippen LogP contribution in [0.2, 0.25) is 0 Å². The molecule has 1 aliphatic heterocycles. The van der Waals surface area contributed by atoms with Crippen LogP contribution in [-0.4, -0.2) is 50.3 Å². The van der Waals surface area contributed by atoms with Gasteiger partial charge in [-0.05, 0) is 68.1 Å². The van der Waals surface area contributed by atoms with E-state index in [4.69, 9.17) is 0 Å². The summed E-state index contributed by atoms with van der Waals surface area (Å²) in [6.45, 7) is 6.28. The fourth-order valence-electron chi connectivity index (χ4n) is 4.75. The zero-order valence-corrected chi connectivity index (χ0v) is 24.6. The lowest BCUT2D eigenvalue weighted by molar-refractivity contribution is -0.274. The van der Waals surface area contributed by atoms with E-state index in [0.29, 0.717) is 23.1 Å². The molecule has 5 rings (SSSR count). The van der Waals surface area contributed by atoms with Crippen LogP contribution in [0.1, 0.15) is 30.0 Å². The molecular formula is C31H29F3N6O2S. The molecule has 0 radical (unpaired) electrons. The third kappa shape index (κ3) is 7.50. The standard InChI is InChI=1S/C31H29F3N6O2S/c1-20-5-4-6-21(2)27(20)40-22(3)16-18-43-30(40)37-29(41)35-17-15-23-7-9-24(10-8-23)28-36-19-39(38-28)25-11-13-26(14-12-25)42-31(32,33)34/h4-14,17,19,22H,15-16,18H2,1-3H3. The maximum absolute atomic E-state index is 12.7. The van der Waals surface area contributed by atoms with Crippen molar-refractivity contribution < 1.29 is 22.7 Å². The second-order valence-electron chi connectivity index (χ2n) is 10.0. The molecule has 3 aromatic carbocycles. The van der Waals surface area contributed by atoms with E-state index in [1.54, 1.807) is 18.0 Å². The number of para-hydroxylation sites is 1. The summed E-state index contributed by atoms with van der Waals surface area (Å²) in [6.07, 6.45) is -0.278. The zero-order chi connectivity index (χ0) is 30.6. The second kappa shape index (κ2) is 12.8. The minimum absolute atomic E-state index is 0.217. The normalized spacial score (nSPS) is 16.7. The van der Waals surface area contributed by atoms with Crippen LogP contribution >= 0.6 is 11.8 Å². The number of rotatable bonds is 6. The predicted octanol–water partition coefficient (Wildman–Crippen LogP) is 7.57. The zero-order valence-electron chi connectivity index (χ0n) is 23.7. The van der Waals surface area contributed by atoms with E-state index in [1.807, 2.05) is 30.3 Å². The Kier molecular flexibility index (Phi) is 8.95. The van der Waals surface area contributed by atoms with Gasteiger partial charge in [-0.3, -0.25) is 0 Å². The van der Waals surface area contributed by atoms with Gasteiger partial charge in [-0.1, -0.05) is 54.2 Å². The lowest BCUT2D eigenvalue weighted by Gasteiger charge is -2.37. The summed E-state index contributed by atoms with van der Waals surface area (Å²) in [7, 11) is 0. The molecule has 12 heteroatoms. The molecule has 43 heavy (non-hydrogen) atoms. The summed E-state index contributed by atoms with van der Waals surface area (Å²) in [5.74, 6) is 1.03. The van der Waals surface area contributed by atoms with Crippen molar-refractivity contribution in [2.45, 2.75) is 46.0 Å². The molecule has 1 unspecified atom stereocenters. The number of halogens is 3. The number of aromatic nitrogens is 3. The van der Waals surface area contributed by atoms with E-state index >= 15 is 0 Å². The Morgan fingerprint density at radius 2 is 1.77 bits per heavy atom. The first-order valence-corrected chi connectivity index (χ1v) is 14.6. The molecule has 1 saturated heterocycles. The van der Waals surface area contributed by atoms with Gasteiger partial charge in [0.2, 0.25) is 0 Å². The number of hydrogen-bond acceptors (Lipinski definition) is 5. The minimum atomic E-state index is -4.75. The SMILES string of the molecule is Cc1cccc(C)c1N1C(=NC(=O)N=CCc2ccc(-c3ncn(-c4ccc(OC(F)(F)F)cc4)n3)cc2)SCCC1C. The van der Waals surface area contributed by atoms with E-state index in [1.165, 1.54) is 35.3 Å². The Morgan fingerprint density at radius 3 is 2.44 bits per heavy atom. The van der Waals surface area contributed by atoms with Crippen LogP contribution in [0.15, 0.2) is 83.0 Å². The molecule has 4 aromatic rings. The molecule has 0 N–H and O–H groups in total. The van der Waals surface area contributed by atoms with Crippen molar-refractivity contribution in [3.8, 4) is 22.8 Å². The van der Waals surface area contributed by atoms with Crippen LogP contribution in [0, 0.1) is 13.8 Å². The van der Waals surface area contributed by atoms with E-state index in [0.717, 1.165) is 40.1 Å². The van der Waals surface area contributed by atoms with E-state index in [-0.39, 0.29) is 11.8 Å². The van der Waals surface area contributed by atoms with Gasteiger partial charge in [-0.2, -0.15) is 4.99 Å². The average Bonchev–Trinajstić information content (AvgIpc) is 3.45. The van der Waals surface area contributed by atoms with E-state index < -0.39 is 12.4 Å². The van der Waals surface area contributed by atoms with Gasteiger partial charge in [0.05, 0.1) is 5.69 Å². The maximum atomic E-state index is 12.7. The van der Waals surface area contributed by atoms with Crippen LogP contribution in [0.25, 0.3) is 17.1 Å². The fraction of sp³-hybridized carbons (Fsp3) is 0.258. The van der Waals surface area contributed by atoms with Gasteiger partial charge in [0.25, 0.3) is 0 Å². The number of aliphatic imine (C=N–C) groups is 2. The number of carbonyl (C=O) groups is 1. The highest BCUT2D eigenvalue weighted by Crippen LogP contribution is 2.34. The number of amides is 2. The summed E-state index contributed by atoms with van der Waals surface area (Å²) in [5.41, 5.74) is 5.59. The Hall–Kier alpha value is -4.45. The molecule has 0 aliphatic carbocycles. The van der Waals surface area contributed by atoms with Crippen LogP contribution in [0.3, 0.4) is 0 Å². The maximum Gasteiger partial charge on any atom is 0.573 e. The first kappa shape index (κ1) is 30.0. The first-order chi connectivity index (χ1) is 20.6. The van der Waals surface area contributed by atoms with Crippen LogP contribution in [-0.2, 0) is 6.42 Å². The Labute approximate surface area is 251 Å². The Bertz CT molecular complexity index is 1630. The van der Waals surface area contributed by atoms with Crippen molar-refractivity contribution in [3.63, 3.8) is 0 Å². The van der Waals surface area contributed by atoms with E-state index in [9.17, 15) is 18.0 Å². The van der Waals surface area contributed by atoms with Gasteiger partial charge in [0.15, 0.2) is 11.0 Å². The van der Waals surface area contributed by atoms with Gasteiger partial charge in [0.1, 0.15) is 12.1 Å². The van der Waals surface area contributed by atoms with Crippen molar-refractivity contribution in [1.82, 2.24) is 14.8 Å². The first-order valence-electron chi connectivity index (χ1n) is 13.6. The smallest absolute Gasteiger partial charge is 0.406 e. The number of aryl methyl sites for hydroxylation is 2. The molecule has 222 valence electrons. The highest BCUT2D eigenvalue weighted by molar-refractivity contribution is 8.14. The monoisotopic (exact) mass is 606 g/mol. The number of thioether (sulfide) groups is 1. The van der Waals surface area contributed by atoms with Gasteiger partial charge in [-0.25, -0.2) is 19.5 Å². The van der Waals surface area contributed by atoms with Gasteiger partial charge < -0.3 is 9.64 Å². The highest BCUT2D eigenvalue weighted by atomic mass is 32.2. The number of benzene rings is 3. The van der Waals surface area contributed by atoms with Crippen molar-refractivity contribution in [2.75, 3.05) is 10.7 Å². The number of amidine groups is 1. The van der Waals surface area contributed by atoms with Gasteiger partial charge >= 0.3 is 12.4 Å². The molecular weight excluding hydrogens is 577 g/mol. The Balaban J connectivity index is 1.21. The summed E-state index contributed by atoms with van der Waals surface area (Å²) >= 11 is 1.57. The van der Waals surface area contributed by atoms with Crippen LogP contribution in [0.5, 0.6) is 5.75 Å². The summed E-state index contributed by atoms with van der Waals surface area (Å²) in [6, 6.07) is 18.7. The number of hydrogen-bond donors (Lipinski definition) is 0. The number of alkyl halides is 3. The van der Waals surface area contributed by atoms with Crippen LogP contribution in [0.4, 0.5) is 23.7 Å². The largest absolute Gasteiger partial charge is 0.573 e. The third-order valence-electron chi connectivity index (χ3n) is 6.85. The van der Waals surface area contributed by atoms with E-state index in [2.05, 4.69) is 62.6 Å². The van der Waals surface area contributed by atoms with Crippen molar-refractivity contribution in [3.05, 3.63) is 89.7 Å². The van der Waals surface area contributed by atoms with Crippen molar-refractivity contribution >= 4 is 34.9 Å². The Morgan fingerprint density at radius 1 is 1.07 bits per heavy atom. The molecule has 0 spiro atoms. The molecule has 0 bridgehead atoms. The highest BCUT2D eigenvalue weighted by Gasteiger charge is 2.31. The predicted molar refractivity (Wildman–Crippen MR) is 163 cm³/mol. The molecule has 2 heterocycles. The topological polar surface area (TPSA) is 85.0 Å². The van der Waals surface area contributed by atoms with Crippen molar-refractivity contribution in [1.29, 1.82) is 0 Å². The molecule has 1 aromatic heterocycles. The number of ether oxygens (including phenoxy) is 1. The average molecular weight is 607 g/mol. The van der Waals surface area contributed by atoms with Gasteiger partial charge in [-0.15, -0.1) is 18.3 Å². The fourth-order valence-corrected chi connectivity index (χ4v) is 5.94. The number of anilines is 1. The molecule has 8 nitrogen and oxygen atoms in total. The summed E-state index contributed by atoms with van der Waals surface area (Å²) in [5, 5.41) is 5.09. The number of carbonyl (C=O) groups excluding carboxylic acids is 1. The third-order valence-corrected chi connectivity index (χ3v) is 7.84. The summed E-state index contributed by atoms with van der Waals surface area (Å²) in [4.78, 5) is 27.6. The summed E-state index contributed by atoms with van der Waals surface area (Å²) < 4.78 is 42.6. The molecule has 2 amide bonds. The van der Waals surface area contributed by atoms with Gasteiger partial charge in [0, 0.05) is 35.7 Å².